The molecule has 0 aliphatic carbocycles. The Labute approximate surface area is 115 Å². The highest BCUT2D eigenvalue weighted by atomic mass is 16.5. The molecule has 0 aromatic heterocycles. The van der Waals surface area contributed by atoms with Crippen molar-refractivity contribution in [2.75, 3.05) is 11.9 Å². The molecule has 0 saturated carbocycles. The van der Waals surface area contributed by atoms with E-state index in [1.165, 1.54) is 4.90 Å². The highest BCUT2D eigenvalue weighted by Gasteiger charge is 2.34. The summed E-state index contributed by atoms with van der Waals surface area (Å²) in [5.41, 5.74) is 0.690. The van der Waals surface area contributed by atoms with Gasteiger partial charge in [-0.2, -0.15) is 0 Å². The first-order valence-electron chi connectivity index (χ1n) is 6.25. The minimum Gasteiger partial charge on any atom is -0.481 e. The zero-order valence-corrected chi connectivity index (χ0v) is 10.9. The fourth-order valence-corrected chi connectivity index (χ4v) is 2.49. The van der Waals surface area contributed by atoms with Gasteiger partial charge in [-0.1, -0.05) is 30.3 Å². The number of aliphatic carboxylic acids is 1. The number of carbonyl (C=O) groups is 2. The Balaban J connectivity index is 2.13. The number of likely N-dealkylation sites (N-methyl/N-ethyl adjacent to an activating group) is 1. The molecule has 2 aromatic rings. The maximum Gasteiger partial charge on any atom is 0.307 e. The molecule has 1 amide bonds. The van der Waals surface area contributed by atoms with Gasteiger partial charge in [-0.25, -0.2) is 0 Å². The fourth-order valence-electron chi connectivity index (χ4n) is 2.49. The highest BCUT2D eigenvalue weighted by Crippen LogP contribution is 2.39. The van der Waals surface area contributed by atoms with Gasteiger partial charge in [0.25, 0.3) is 5.91 Å². The van der Waals surface area contributed by atoms with E-state index in [0.29, 0.717) is 11.4 Å². The van der Waals surface area contributed by atoms with E-state index in [1.807, 2.05) is 30.3 Å². The molecule has 1 aliphatic heterocycles. The van der Waals surface area contributed by atoms with Crippen LogP contribution in [0.5, 0.6) is 5.75 Å². The van der Waals surface area contributed by atoms with Crippen LogP contribution in [0, 0.1) is 0 Å². The molecule has 1 atom stereocenters. The van der Waals surface area contributed by atoms with E-state index < -0.39 is 12.1 Å². The van der Waals surface area contributed by atoms with Gasteiger partial charge in [0.2, 0.25) is 0 Å². The van der Waals surface area contributed by atoms with E-state index in [9.17, 15) is 9.59 Å². The molecular formula is C15H13NO4. The number of fused-ring (bicyclic) bond motifs is 3. The number of nitrogens with zero attached hydrogens (tertiary/aromatic N) is 1. The SMILES string of the molecule is CN1C(=O)C(CC(=O)O)Oc2ccc3ccccc3c21. The second-order valence-electron chi connectivity index (χ2n) is 4.74. The van der Waals surface area contributed by atoms with Gasteiger partial charge in [0.1, 0.15) is 5.75 Å². The first-order chi connectivity index (χ1) is 9.58. The molecule has 5 heteroatoms. The standard InChI is InChI=1S/C15H13NO4/c1-16-14-10-5-3-2-4-9(10)6-7-11(14)20-12(15(16)19)8-13(17)18/h2-7,12H,8H2,1H3,(H,17,18). The molecule has 1 N–H and O–H groups in total. The molecule has 1 heterocycles. The van der Waals surface area contributed by atoms with Gasteiger partial charge in [-0.05, 0) is 11.5 Å². The maximum atomic E-state index is 12.2. The van der Waals surface area contributed by atoms with Crippen LogP contribution in [-0.4, -0.2) is 30.1 Å². The maximum absolute atomic E-state index is 12.2. The zero-order valence-electron chi connectivity index (χ0n) is 10.9. The van der Waals surface area contributed by atoms with Crippen molar-refractivity contribution in [2.24, 2.45) is 0 Å². The third kappa shape index (κ3) is 1.87. The van der Waals surface area contributed by atoms with Crippen molar-refractivity contribution in [2.45, 2.75) is 12.5 Å². The summed E-state index contributed by atoms with van der Waals surface area (Å²) in [5, 5.41) is 10.8. The largest absolute Gasteiger partial charge is 0.481 e. The fraction of sp³-hybridized carbons (Fsp3) is 0.200. The smallest absolute Gasteiger partial charge is 0.307 e. The Bertz CT molecular complexity index is 710. The lowest BCUT2D eigenvalue weighted by Crippen LogP contribution is -2.44. The van der Waals surface area contributed by atoms with E-state index in [4.69, 9.17) is 9.84 Å². The first-order valence-corrected chi connectivity index (χ1v) is 6.25. The average Bonchev–Trinajstić information content (AvgIpc) is 2.43. The number of rotatable bonds is 2. The molecule has 0 saturated heterocycles. The van der Waals surface area contributed by atoms with Crippen molar-refractivity contribution in [1.29, 1.82) is 0 Å². The molecule has 1 unspecified atom stereocenters. The van der Waals surface area contributed by atoms with E-state index in [2.05, 4.69) is 0 Å². The van der Waals surface area contributed by atoms with E-state index in [-0.39, 0.29) is 12.3 Å². The second-order valence-corrected chi connectivity index (χ2v) is 4.74. The van der Waals surface area contributed by atoms with Crippen LogP contribution in [-0.2, 0) is 9.59 Å². The summed E-state index contributed by atoms with van der Waals surface area (Å²) in [7, 11) is 1.64. The van der Waals surface area contributed by atoms with Crippen LogP contribution in [0.4, 0.5) is 5.69 Å². The number of ether oxygens (including phenoxy) is 1. The number of anilines is 1. The molecule has 102 valence electrons. The molecule has 5 nitrogen and oxygen atoms in total. The highest BCUT2D eigenvalue weighted by molar-refractivity contribution is 6.09. The summed E-state index contributed by atoms with van der Waals surface area (Å²) in [5.74, 6) is -0.853. The minimum absolute atomic E-state index is 0.337. The van der Waals surface area contributed by atoms with E-state index in [0.717, 1.165) is 10.8 Å². The lowest BCUT2D eigenvalue weighted by atomic mass is 10.0. The molecule has 0 fully saturated rings. The van der Waals surface area contributed by atoms with Crippen molar-refractivity contribution >= 4 is 28.3 Å². The summed E-state index contributed by atoms with van der Waals surface area (Å²) in [6, 6.07) is 11.4. The normalized spacial score (nSPS) is 17.8. The van der Waals surface area contributed by atoms with Crippen molar-refractivity contribution in [3.05, 3.63) is 36.4 Å². The number of hydrogen-bond acceptors (Lipinski definition) is 3. The third-order valence-corrected chi connectivity index (χ3v) is 3.43. The number of carboxylic acids is 1. The molecule has 3 rings (SSSR count). The van der Waals surface area contributed by atoms with Gasteiger partial charge in [0.15, 0.2) is 6.10 Å². The Kier molecular flexibility index (Phi) is 2.82. The van der Waals surface area contributed by atoms with Crippen LogP contribution in [0.25, 0.3) is 10.8 Å². The van der Waals surface area contributed by atoms with Crippen LogP contribution in [0.1, 0.15) is 6.42 Å². The molecule has 20 heavy (non-hydrogen) atoms. The predicted octanol–water partition coefficient (Wildman–Crippen LogP) is 2.04. The van der Waals surface area contributed by atoms with Gasteiger partial charge in [0, 0.05) is 12.4 Å². The predicted molar refractivity (Wildman–Crippen MR) is 74.0 cm³/mol. The van der Waals surface area contributed by atoms with Crippen LogP contribution in [0.2, 0.25) is 0 Å². The number of hydrogen-bond donors (Lipinski definition) is 1. The van der Waals surface area contributed by atoms with Gasteiger partial charge in [0.05, 0.1) is 12.1 Å². The van der Waals surface area contributed by atoms with Crippen molar-refractivity contribution in [3.8, 4) is 5.75 Å². The van der Waals surface area contributed by atoms with Crippen molar-refractivity contribution in [1.82, 2.24) is 0 Å². The number of carboxylic acid groups (broad SMARTS) is 1. The van der Waals surface area contributed by atoms with Crippen LogP contribution in [0.3, 0.4) is 0 Å². The summed E-state index contributed by atoms with van der Waals surface area (Å²) in [6.45, 7) is 0. The second kappa shape index (κ2) is 4.52. The summed E-state index contributed by atoms with van der Waals surface area (Å²) in [4.78, 5) is 24.5. The molecule has 0 bridgehead atoms. The first kappa shape index (κ1) is 12.5. The topological polar surface area (TPSA) is 66.8 Å². The van der Waals surface area contributed by atoms with Gasteiger partial charge in [-0.3, -0.25) is 9.59 Å². The Hall–Kier alpha value is -2.56. The summed E-state index contributed by atoms with van der Waals surface area (Å²) in [6.07, 6.45) is -1.30. The minimum atomic E-state index is -1.05. The van der Waals surface area contributed by atoms with Gasteiger partial charge < -0.3 is 14.7 Å². The third-order valence-electron chi connectivity index (χ3n) is 3.43. The molecule has 2 aromatic carbocycles. The monoisotopic (exact) mass is 271 g/mol. The lowest BCUT2D eigenvalue weighted by Gasteiger charge is -2.32. The molecule has 0 radical (unpaired) electrons. The quantitative estimate of drug-likeness (QED) is 0.907. The van der Waals surface area contributed by atoms with Crippen LogP contribution in [0.15, 0.2) is 36.4 Å². The Morgan fingerprint density at radius 3 is 2.80 bits per heavy atom. The van der Waals surface area contributed by atoms with Crippen LogP contribution >= 0.6 is 0 Å². The summed E-state index contributed by atoms with van der Waals surface area (Å²) < 4.78 is 5.56. The Morgan fingerprint density at radius 2 is 2.05 bits per heavy atom. The zero-order chi connectivity index (χ0) is 14.3. The van der Waals surface area contributed by atoms with Crippen LogP contribution < -0.4 is 9.64 Å². The van der Waals surface area contributed by atoms with Crippen molar-refractivity contribution in [3.63, 3.8) is 0 Å². The van der Waals surface area contributed by atoms with Gasteiger partial charge in [-0.15, -0.1) is 0 Å². The van der Waals surface area contributed by atoms with E-state index in [1.54, 1.807) is 13.1 Å². The van der Waals surface area contributed by atoms with Crippen molar-refractivity contribution < 1.29 is 19.4 Å². The lowest BCUT2D eigenvalue weighted by molar-refractivity contribution is -0.142. The van der Waals surface area contributed by atoms with Gasteiger partial charge >= 0.3 is 5.97 Å². The molecule has 1 aliphatic rings. The summed E-state index contributed by atoms with van der Waals surface area (Å²) >= 11 is 0. The number of carbonyl (C=O) groups excluding carboxylic acids is 1. The Morgan fingerprint density at radius 1 is 1.30 bits per heavy atom. The molecule has 0 spiro atoms. The number of benzene rings is 2. The average molecular weight is 271 g/mol. The van der Waals surface area contributed by atoms with E-state index >= 15 is 0 Å². The number of amides is 1. The molecular weight excluding hydrogens is 258 g/mol.